The summed E-state index contributed by atoms with van der Waals surface area (Å²) in [4.78, 5) is 24.9. The van der Waals surface area contributed by atoms with E-state index in [4.69, 9.17) is 14.2 Å². The molecular weight excluding hydrogens is 504 g/mol. The summed E-state index contributed by atoms with van der Waals surface area (Å²) in [7, 11) is 0. The van der Waals surface area contributed by atoms with Crippen LogP contribution in [-0.4, -0.2) is 84.8 Å². The van der Waals surface area contributed by atoms with Crippen molar-refractivity contribution in [2.45, 2.75) is 30.7 Å². The Bertz CT molecular complexity index is 1280. The number of aliphatic hydroxyl groups excluding tert-OH is 3. The Hall–Kier alpha value is -4.36. The lowest BCUT2D eigenvalue weighted by atomic mass is 9.99. The summed E-state index contributed by atoms with van der Waals surface area (Å²) in [5, 5.41) is 70.9. The molecule has 3 aromatic rings. The van der Waals surface area contributed by atoms with Gasteiger partial charge in [0.2, 0.25) is 12.1 Å². The van der Waals surface area contributed by atoms with E-state index in [1.807, 2.05) is 0 Å². The van der Waals surface area contributed by atoms with Gasteiger partial charge in [-0.05, 0) is 24.3 Å². The average molecular weight is 528 g/mol. The SMILES string of the molecule is O=C(OC[C@H]1O[C@@H](Oc2cc(O)c(C(=O)c3cc(O)cc(O)c3)c(O)c2)[C@H](O)[C@@H](O)[C@@H]1O)c1ccccc1. The van der Waals surface area contributed by atoms with E-state index >= 15 is 0 Å². The van der Waals surface area contributed by atoms with E-state index in [0.29, 0.717) is 0 Å². The van der Waals surface area contributed by atoms with Gasteiger partial charge >= 0.3 is 5.97 Å². The number of ether oxygens (including phenoxy) is 3. The van der Waals surface area contributed by atoms with Gasteiger partial charge in [0, 0.05) is 23.8 Å². The van der Waals surface area contributed by atoms with E-state index < -0.39 is 77.6 Å². The van der Waals surface area contributed by atoms with Gasteiger partial charge in [-0.25, -0.2) is 4.79 Å². The van der Waals surface area contributed by atoms with Gasteiger partial charge in [-0.3, -0.25) is 4.79 Å². The topological polar surface area (TPSA) is 203 Å². The summed E-state index contributed by atoms with van der Waals surface area (Å²) in [6.07, 6.45) is -8.15. The minimum Gasteiger partial charge on any atom is -0.508 e. The van der Waals surface area contributed by atoms with Crippen molar-refractivity contribution in [1.82, 2.24) is 0 Å². The molecule has 0 unspecified atom stereocenters. The second kappa shape index (κ2) is 10.9. The van der Waals surface area contributed by atoms with Crippen LogP contribution < -0.4 is 4.74 Å². The fraction of sp³-hybridized carbons (Fsp3) is 0.231. The molecule has 1 aliphatic rings. The summed E-state index contributed by atoms with van der Waals surface area (Å²) in [6, 6.07) is 12.9. The molecule has 3 aromatic carbocycles. The predicted molar refractivity (Wildman–Crippen MR) is 127 cm³/mol. The van der Waals surface area contributed by atoms with Crippen molar-refractivity contribution in [2.75, 3.05) is 6.61 Å². The number of aliphatic hydroxyl groups is 3. The highest BCUT2D eigenvalue weighted by atomic mass is 16.7. The molecule has 12 nitrogen and oxygen atoms in total. The normalized spacial score (nSPS) is 23.0. The third kappa shape index (κ3) is 5.63. The van der Waals surface area contributed by atoms with E-state index in [-0.39, 0.29) is 16.9 Å². The molecule has 0 amide bonds. The van der Waals surface area contributed by atoms with Crippen LogP contribution in [0.3, 0.4) is 0 Å². The number of ketones is 1. The van der Waals surface area contributed by atoms with Crippen LogP contribution in [-0.2, 0) is 9.47 Å². The van der Waals surface area contributed by atoms with Gasteiger partial charge in [0.1, 0.15) is 65.3 Å². The number of benzene rings is 3. The molecule has 0 radical (unpaired) electrons. The van der Waals surface area contributed by atoms with E-state index in [1.54, 1.807) is 18.2 Å². The monoisotopic (exact) mass is 528 g/mol. The van der Waals surface area contributed by atoms with Crippen LogP contribution in [0.2, 0.25) is 0 Å². The Morgan fingerprint density at radius 3 is 1.97 bits per heavy atom. The average Bonchev–Trinajstić information content (AvgIpc) is 2.87. The Morgan fingerprint density at radius 1 is 0.763 bits per heavy atom. The molecule has 5 atom stereocenters. The number of hydrogen-bond donors (Lipinski definition) is 7. The van der Waals surface area contributed by atoms with Crippen molar-refractivity contribution in [3.05, 3.63) is 77.4 Å². The summed E-state index contributed by atoms with van der Waals surface area (Å²) < 4.78 is 16.1. The fourth-order valence-electron chi connectivity index (χ4n) is 3.86. The van der Waals surface area contributed by atoms with Gasteiger partial charge < -0.3 is 50.0 Å². The van der Waals surface area contributed by atoms with Crippen LogP contribution in [0.5, 0.6) is 28.7 Å². The zero-order chi connectivity index (χ0) is 27.6. The summed E-state index contributed by atoms with van der Waals surface area (Å²) in [5.74, 6) is -4.25. The standard InChI is InChI=1S/C26H24O12/c27-14-6-13(7-15(28)8-14)21(31)20-17(29)9-16(10-18(20)30)37-26-24(34)23(33)22(32)19(38-26)11-36-25(35)12-4-2-1-3-5-12/h1-10,19,22-24,26-30,32-34H,11H2/t19-,22-,23+,24-,26-/m1/s1. The van der Waals surface area contributed by atoms with Crippen LogP contribution in [0, 0.1) is 0 Å². The van der Waals surface area contributed by atoms with Crippen molar-refractivity contribution >= 4 is 11.8 Å². The molecule has 0 bridgehead atoms. The number of esters is 1. The molecule has 1 saturated heterocycles. The first kappa shape index (κ1) is 26.7. The van der Waals surface area contributed by atoms with E-state index in [9.17, 15) is 45.3 Å². The third-order valence-corrected chi connectivity index (χ3v) is 5.77. The number of carbonyl (C=O) groups is 2. The van der Waals surface area contributed by atoms with Crippen LogP contribution in [0.25, 0.3) is 0 Å². The molecular formula is C26H24O12. The van der Waals surface area contributed by atoms with E-state index in [1.165, 1.54) is 12.1 Å². The summed E-state index contributed by atoms with van der Waals surface area (Å²) in [5.41, 5.74) is -0.542. The Labute approximate surface area is 215 Å². The smallest absolute Gasteiger partial charge is 0.338 e. The Morgan fingerprint density at radius 2 is 1.37 bits per heavy atom. The van der Waals surface area contributed by atoms with Crippen LogP contribution >= 0.6 is 0 Å². The van der Waals surface area contributed by atoms with Gasteiger partial charge in [-0.1, -0.05) is 18.2 Å². The van der Waals surface area contributed by atoms with Crippen molar-refractivity contribution in [2.24, 2.45) is 0 Å². The van der Waals surface area contributed by atoms with E-state index in [0.717, 1.165) is 30.3 Å². The van der Waals surface area contributed by atoms with Crippen LogP contribution in [0.1, 0.15) is 26.3 Å². The number of phenolic OH excluding ortho intramolecular Hbond substituents is 4. The minimum absolute atomic E-state index is 0.224. The van der Waals surface area contributed by atoms with Gasteiger partial charge in [-0.2, -0.15) is 0 Å². The molecule has 1 heterocycles. The number of phenols is 4. The van der Waals surface area contributed by atoms with Gasteiger partial charge in [0.25, 0.3) is 0 Å². The lowest BCUT2D eigenvalue weighted by Gasteiger charge is -2.39. The lowest BCUT2D eigenvalue weighted by Crippen LogP contribution is -2.60. The minimum atomic E-state index is -1.79. The molecule has 1 fully saturated rings. The highest BCUT2D eigenvalue weighted by Crippen LogP contribution is 2.36. The summed E-state index contributed by atoms with van der Waals surface area (Å²) >= 11 is 0. The molecule has 0 aliphatic carbocycles. The van der Waals surface area contributed by atoms with E-state index in [2.05, 4.69) is 0 Å². The Balaban J connectivity index is 1.49. The van der Waals surface area contributed by atoms with Crippen molar-refractivity contribution in [1.29, 1.82) is 0 Å². The van der Waals surface area contributed by atoms with Gasteiger partial charge in [0.15, 0.2) is 0 Å². The quantitative estimate of drug-likeness (QED) is 0.168. The zero-order valence-electron chi connectivity index (χ0n) is 19.5. The maximum Gasteiger partial charge on any atom is 0.338 e. The van der Waals surface area contributed by atoms with Crippen molar-refractivity contribution in [3.63, 3.8) is 0 Å². The second-order valence-electron chi connectivity index (χ2n) is 8.50. The van der Waals surface area contributed by atoms with Gasteiger partial charge in [-0.15, -0.1) is 0 Å². The molecule has 0 aromatic heterocycles. The maximum absolute atomic E-state index is 12.7. The molecule has 4 rings (SSSR count). The zero-order valence-corrected chi connectivity index (χ0v) is 19.5. The molecule has 0 spiro atoms. The second-order valence-corrected chi connectivity index (χ2v) is 8.50. The van der Waals surface area contributed by atoms with Gasteiger partial charge in [0.05, 0.1) is 5.56 Å². The molecule has 38 heavy (non-hydrogen) atoms. The number of carbonyl (C=O) groups excluding carboxylic acids is 2. The molecule has 0 saturated carbocycles. The molecule has 1 aliphatic heterocycles. The van der Waals surface area contributed by atoms with Crippen LogP contribution in [0.4, 0.5) is 0 Å². The molecule has 12 heteroatoms. The van der Waals surface area contributed by atoms with Crippen molar-refractivity contribution in [3.8, 4) is 28.7 Å². The highest BCUT2D eigenvalue weighted by Gasteiger charge is 2.45. The maximum atomic E-state index is 12.7. The number of hydrogen-bond acceptors (Lipinski definition) is 12. The number of rotatable bonds is 7. The summed E-state index contributed by atoms with van der Waals surface area (Å²) in [6.45, 7) is -0.501. The molecule has 200 valence electrons. The first-order valence-corrected chi connectivity index (χ1v) is 11.3. The lowest BCUT2D eigenvalue weighted by molar-refractivity contribution is -0.277. The first-order valence-electron chi connectivity index (χ1n) is 11.3. The fourth-order valence-corrected chi connectivity index (χ4v) is 3.86. The predicted octanol–water partition coefficient (Wildman–Crippen LogP) is 0.783. The third-order valence-electron chi connectivity index (χ3n) is 5.77. The Kier molecular flexibility index (Phi) is 7.69. The largest absolute Gasteiger partial charge is 0.508 e. The van der Waals surface area contributed by atoms with Crippen LogP contribution in [0.15, 0.2) is 60.7 Å². The van der Waals surface area contributed by atoms with Crippen molar-refractivity contribution < 1.29 is 59.5 Å². The number of aromatic hydroxyl groups is 4. The first-order chi connectivity index (χ1) is 18.0. The highest BCUT2D eigenvalue weighted by molar-refractivity contribution is 6.12. The molecule has 7 N–H and O–H groups in total.